The fraction of sp³-hybridized carbons (Fsp3) is 0.143. The van der Waals surface area contributed by atoms with Gasteiger partial charge in [-0.25, -0.2) is 0 Å². The third-order valence-corrected chi connectivity index (χ3v) is 1.60. The van der Waals surface area contributed by atoms with Gasteiger partial charge in [-0.2, -0.15) is 0 Å². The van der Waals surface area contributed by atoms with Gasteiger partial charge >= 0.3 is 0 Å². The van der Waals surface area contributed by atoms with Gasteiger partial charge < -0.3 is 4.74 Å². The van der Waals surface area contributed by atoms with Crippen molar-refractivity contribution in [1.29, 1.82) is 0 Å². The van der Waals surface area contributed by atoms with E-state index < -0.39 is 0 Å². The van der Waals surface area contributed by atoms with Gasteiger partial charge in [0.1, 0.15) is 5.75 Å². The van der Waals surface area contributed by atoms with Crippen molar-refractivity contribution in [2.45, 2.75) is 0 Å². The van der Waals surface area contributed by atoms with Gasteiger partial charge in [-0.05, 0) is 46.9 Å². The van der Waals surface area contributed by atoms with Crippen LogP contribution in [-0.4, -0.2) is 7.11 Å². The molecule has 0 spiro atoms. The van der Waals surface area contributed by atoms with Crippen LogP contribution in [0, 0.1) is 9.64 Å². The van der Waals surface area contributed by atoms with E-state index in [-0.39, 0.29) is 0 Å². The first kappa shape index (κ1) is 6.86. The van der Waals surface area contributed by atoms with Crippen LogP contribution in [0.2, 0.25) is 0 Å². The molecule has 1 nitrogen and oxygen atoms in total. The van der Waals surface area contributed by atoms with E-state index in [1.54, 1.807) is 7.11 Å². The van der Waals surface area contributed by atoms with E-state index in [0.29, 0.717) is 0 Å². The number of halogens is 1. The molecule has 0 amide bonds. The Bertz CT molecular complexity index is 198. The monoisotopic (exact) mass is 233 g/mol. The van der Waals surface area contributed by atoms with Gasteiger partial charge in [0.25, 0.3) is 0 Å². The minimum Gasteiger partial charge on any atom is -0.497 e. The third-order valence-electron chi connectivity index (χ3n) is 0.974. The normalized spacial score (nSPS) is 9.11. The zero-order valence-electron chi connectivity index (χ0n) is 5.02. The Kier molecular flexibility index (Phi) is 2.33. The van der Waals surface area contributed by atoms with Crippen molar-refractivity contribution in [2.24, 2.45) is 0 Å². The van der Waals surface area contributed by atoms with Crippen LogP contribution < -0.4 is 4.74 Å². The summed E-state index contributed by atoms with van der Waals surface area (Å²) in [6.45, 7) is 0. The fourth-order valence-corrected chi connectivity index (χ4v) is 1.03. The fourth-order valence-electron chi connectivity index (χ4n) is 0.545. The molecular formula is C7H6IO. The molecule has 0 aliphatic carbocycles. The summed E-state index contributed by atoms with van der Waals surface area (Å²) in [4.78, 5) is 0. The summed E-state index contributed by atoms with van der Waals surface area (Å²) in [6.07, 6.45) is 0. The highest BCUT2D eigenvalue weighted by Crippen LogP contribution is 2.12. The average Bonchev–Trinajstić information content (AvgIpc) is 1.88. The summed E-state index contributed by atoms with van der Waals surface area (Å²) in [7, 11) is 1.66. The molecule has 1 rings (SSSR count). The lowest BCUT2D eigenvalue weighted by Crippen LogP contribution is -1.81. The zero-order valence-corrected chi connectivity index (χ0v) is 7.18. The first-order chi connectivity index (χ1) is 4.33. The molecule has 1 aromatic rings. The summed E-state index contributed by atoms with van der Waals surface area (Å²) in [5, 5.41) is 0. The van der Waals surface area contributed by atoms with Crippen LogP contribution in [0.15, 0.2) is 18.2 Å². The van der Waals surface area contributed by atoms with Gasteiger partial charge in [0.15, 0.2) is 0 Å². The Morgan fingerprint density at radius 3 is 2.89 bits per heavy atom. The topological polar surface area (TPSA) is 9.23 Å². The number of methoxy groups -OCH3 is 1. The Balaban J connectivity index is 2.94. The lowest BCUT2D eigenvalue weighted by atomic mass is 10.3. The van der Waals surface area contributed by atoms with Crippen molar-refractivity contribution in [3.63, 3.8) is 0 Å². The molecule has 1 radical (unpaired) electrons. The molecule has 2 heteroatoms. The average molecular weight is 233 g/mol. The molecule has 0 aliphatic heterocycles. The second kappa shape index (κ2) is 3.06. The molecule has 0 fully saturated rings. The molecule has 0 aliphatic rings. The second-order valence-corrected chi connectivity index (χ2v) is 2.74. The van der Waals surface area contributed by atoms with Crippen molar-refractivity contribution in [2.75, 3.05) is 7.11 Å². The second-order valence-electron chi connectivity index (χ2n) is 1.58. The van der Waals surface area contributed by atoms with Crippen molar-refractivity contribution in [1.82, 2.24) is 0 Å². The molecule has 0 atom stereocenters. The quantitative estimate of drug-likeness (QED) is 0.675. The van der Waals surface area contributed by atoms with E-state index in [0.717, 1.165) is 9.32 Å². The van der Waals surface area contributed by atoms with E-state index in [4.69, 9.17) is 4.74 Å². The lowest BCUT2D eigenvalue weighted by molar-refractivity contribution is 0.414. The van der Waals surface area contributed by atoms with Crippen molar-refractivity contribution in [3.05, 3.63) is 27.8 Å². The number of rotatable bonds is 1. The molecule has 0 bridgehead atoms. The molecule has 0 saturated carbocycles. The van der Waals surface area contributed by atoms with Crippen molar-refractivity contribution < 1.29 is 4.74 Å². The maximum Gasteiger partial charge on any atom is 0.119 e. The maximum atomic E-state index is 4.97. The van der Waals surface area contributed by atoms with Gasteiger partial charge in [-0.1, -0.05) is 0 Å². The van der Waals surface area contributed by atoms with Gasteiger partial charge in [-0.15, -0.1) is 0 Å². The summed E-state index contributed by atoms with van der Waals surface area (Å²) in [6, 6.07) is 8.67. The largest absolute Gasteiger partial charge is 0.497 e. The molecular weight excluding hydrogens is 227 g/mol. The zero-order chi connectivity index (χ0) is 6.69. The predicted octanol–water partition coefficient (Wildman–Crippen LogP) is 2.10. The Labute approximate surface area is 68.2 Å². The van der Waals surface area contributed by atoms with Crippen LogP contribution >= 0.6 is 22.6 Å². The highest BCUT2D eigenvalue weighted by atomic mass is 127. The van der Waals surface area contributed by atoms with Crippen LogP contribution in [0.25, 0.3) is 0 Å². The maximum absolute atomic E-state index is 4.97. The van der Waals surface area contributed by atoms with E-state index in [1.165, 1.54) is 0 Å². The molecule has 0 N–H and O–H groups in total. The highest BCUT2D eigenvalue weighted by molar-refractivity contribution is 14.1. The van der Waals surface area contributed by atoms with Gasteiger partial charge in [0, 0.05) is 3.57 Å². The van der Waals surface area contributed by atoms with E-state index in [1.807, 2.05) is 18.2 Å². The minimum atomic E-state index is 0.887. The number of hydrogen-bond acceptors (Lipinski definition) is 1. The summed E-state index contributed by atoms with van der Waals surface area (Å²) in [5.41, 5.74) is 0. The van der Waals surface area contributed by atoms with Gasteiger partial charge in [0.05, 0.1) is 7.11 Å². The summed E-state index contributed by atoms with van der Waals surface area (Å²) < 4.78 is 6.05. The van der Waals surface area contributed by atoms with Crippen molar-refractivity contribution in [3.8, 4) is 5.75 Å². The Morgan fingerprint density at radius 1 is 1.67 bits per heavy atom. The molecule has 47 valence electrons. The third kappa shape index (κ3) is 1.86. The molecule has 1 aromatic carbocycles. The van der Waals surface area contributed by atoms with Gasteiger partial charge in [0.2, 0.25) is 0 Å². The smallest absolute Gasteiger partial charge is 0.119 e. The van der Waals surface area contributed by atoms with E-state index in [2.05, 4.69) is 28.7 Å². The summed E-state index contributed by atoms with van der Waals surface area (Å²) in [5.74, 6) is 0.887. The van der Waals surface area contributed by atoms with Gasteiger partial charge in [-0.3, -0.25) is 0 Å². The summed E-state index contributed by atoms with van der Waals surface area (Å²) >= 11 is 2.19. The molecule has 0 aromatic heterocycles. The highest BCUT2D eigenvalue weighted by Gasteiger charge is 1.88. The number of hydrogen-bond donors (Lipinski definition) is 0. The van der Waals surface area contributed by atoms with E-state index in [9.17, 15) is 0 Å². The number of benzene rings is 1. The van der Waals surface area contributed by atoms with Crippen LogP contribution in [0.3, 0.4) is 0 Å². The Morgan fingerprint density at radius 2 is 2.44 bits per heavy atom. The molecule has 9 heavy (non-hydrogen) atoms. The Hall–Kier alpha value is -0.250. The van der Waals surface area contributed by atoms with E-state index >= 15 is 0 Å². The number of ether oxygens (including phenoxy) is 1. The lowest BCUT2D eigenvalue weighted by Gasteiger charge is -1.96. The SMILES string of the molecule is COc1cc[c]c(I)c1. The first-order valence-corrected chi connectivity index (χ1v) is 3.62. The van der Waals surface area contributed by atoms with Crippen LogP contribution in [-0.2, 0) is 0 Å². The standard InChI is InChI=1S/C7H6IO/c1-9-7-4-2-3-6(8)5-7/h2,4-5H,1H3. The predicted molar refractivity (Wildman–Crippen MR) is 44.5 cm³/mol. The van der Waals surface area contributed by atoms with Crippen LogP contribution in [0.1, 0.15) is 0 Å². The van der Waals surface area contributed by atoms with Crippen LogP contribution in [0.4, 0.5) is 0 Å². The molecule has 0 saturated heterocycles. The van der Waals surface area contributed by atoms with Crippen molar-refractivity contribution >= 4 is 22.6 Å². The minimum absolute atomic E-state index is 0.887. The molecule has 0 unspecified atom stereocenters. The van der Waals surface area contributed by atoms with Crippen LogP contribution in [0.5, 0.6) is 5.75 Å². The first-order valence-electron chi connectivity index (χ1n) is 2.54. The molecule has 0 heterocycles.